The number of nitrogens with one attached hydrogen (secondary N) is 1. The molecule has 0 heterocycles. The minimum absolute atomic E-state index is 0.0609. The quantitative estimate of drug-likeness (QED) is 0.723. The summed E-state index contributed by atoms with van der Waals surface area (Å²) in [6.07, 6.45) is 6.16. The van der Waals surface area contributed by atoms with Gasteiger partial charge < -0.3 is 11.1 Å². The van der Waals surface area contributed by atoms with Crippen molar-refractivity contribution >= 4 is 11.7 Å². The number of amides is 1. The highest BCUT2D eigenvalue weighted by atomic mass is 16.2. The van der Waals surface area contributed by atoms with Gasteiger partial charge in [0.25, 0.3) is 0 Å². The topological polar surface area (TPSA) is 72.2 Å². The number of carbonyl (C=O) groups is 2. The summed E-state index contributed by atoms with van der Waals surface area (Å²) < 4.78 is 0. The molecule has 4 heteroatoms. The van der Waals surface area contributed by atoms with E-state index < -0.39 is 0 Å². The molecule has 0 bridgehead atoms. The number of hydrogen-bond donors (Lipinski definition) is 2. The zero-order chi connectivity index (χ0) is 16.0. The SMILES string of the molecule is CCC(CC)C(NC(=O)CC1(N)CCCC1)C(=O)C(C)C. The maximum Gasteiger partial charge on any atom is 0.222 e. The Bertz CT molecular complexity index is 356. The van der Waals surface area contributed by atoms with Crippen molar-refractivity contribution in [1.29, 1.82) is 0 Å². The maximum atomic E-state index is 12.4. The molecular formula is C17H32N2O2. The lowest BCUT2D eigenvalue weighted by molar-refractivity contribution is -0.131. The maximum absolute atomic E-state index is 12.4. The largest absolute Gasteiger partial charge is 0.346 e. The van der Waals surface area contributed by atoms with E-state index in [4.69, 9.17) is 5.73 Å². The van der Waals surface area contributed by atoms with Crippen LogP contribution in [-0.2, 0) is 9.59 Å². The molecule has 0 saturated heterocycles. The molecule has 1 fully saturated rings. The molecule has 21 heavy (non-hydrogen) atoms. The van der Waals surface area contributed by atoms with Gasteiger partial charge in [-0.1, -0.05) is 53.4 Å². The number of ketones is 1. The standard InChI is InChI=1S/C17H32N2O2/c1-5-13(6-2)15(16(21)12(3)4)19-14(20)11-17(18)9-7-8-10-17/h12-13,15H,5-11,18H2,1-4H3,(H,19,20). The average Bonchev–Trinajstić information content (AvgIpc) is 2.84. The molecule has 0 aromatic heterocycles. The van der Waals surface area contributed by atoms with Gasteiger partial charge in [-0.05, 0) is 18.8 Å². The Morgan fingerprint density at radius 2 is 1.67 bits per heavy atom. The smallest absolute Gasteiger partial charge is 0.222 e. The number of hydrogen-bond acceptors (Lipinski definition) is 3. The molecule has 122 valence electrons. The molecule has 0 spiro atoms. The van der Waals surface area contributed by atoms with Crippen molar-refractivity contribution < 1.29 is 9.59 Å². The van der Waals surface area contributed by atoms with E-state index in [9.17, 15) is 9.59 Å². The van der Waals surface area contributed by atoms with Gasteiger partial charge >= 0.3 is 0 Å². The Balaban J connectivity index is 2.71. The summed E-state index contributed by atoms with van der Waals surface area (Å²) >= 11 is 0. The lowest BCUT2D eigenvalue weighted by Crippen LogP contribution is -2.50. The van der Waals surface area contributed by atoms with Gasteiger partial charge in [-0.3, -0.25) is 9.59 Å². The second-order valence-electron chi connectivity index (χ2n) is 6.93. The van der Waals surface area contributed by atoms with E-state index in [2.05, 4.69) is 19.2 Å². The summed E-state index contributed by atoms with van der Waals surface area (Å²) in [6.45, 7) is 7.93. The van der Waals surface area contributed by atoms with Crippen LogP contribution in [0.2, 0.25) is 0 Å². The molecular weight excluding hydrogens is 264 g/mol. The lowest BCUT2D eigenvalue weighted by atomic mass is 9.86. The molecule has 3 N–H and O–H groups in total. The van der Waals surface area contributed by atoms with Crippen LogP contribution in [-0.4, -0.2) is 23.3 Å². The molecule has 1 unspecified atom stereocenters. The van der Waals surface area contributed by atoms with Crippen molar-refractivity contribution in [3.8, 4) is 0 Å². The van der Waals surface area contributed by atoms with Gasteiger partial charge in [0.15, 0.2) is 5.78 Å². The molecule has 1 aliphatic carbocycles. The van der Waals surface area contributed by atoms with E-state index in [1.807, 2.05) is 13.8 Å². The third kappa shape index (κ3) is 5.10. The zero-order valence-corrected chi connectivity index (χ0v) is 14.1. The van der Waals surface area contributed by atoms with Crippen LogP contribution >= 0.6 is 0 Å². The number of carbonyl (C=O) groups excluding carboxylic acids is 2. The molecule has 0 radical (unpaired) electrons. The average molecular weight is 296 g/mol. The summed E-state index contributed by atoms with van der Waals surface area (Å²) in [7, 11) is 0. The Morgan fingerprint density at radius 1 is 1.14 bits per heavy atom. The molecule has 0 aromatic rings. The third-order valence-electron chi connectivity index (χ3n) is 4.82. The first-order chi connectivity index (χ1) is 9.83. The molecule has 0 aliphatic heterocycles. The molecule has 1 amide bonds. The predicted octanol–water partition coefficient (Wildman–Crippen LogP) is 2.79. The van der Waals surface area contributed by atoms with E-state index in [-0.39, 0.29) is 35.1 Å². The van der Waals surface area contributed by atoms with Crippen LogP contribution in [0, 0.1) is 11.8 Å². The fourth-order valence-corrected chi connectivity index (χ4v) is 3.34. The Labute approximate surface area is 129 Å². The normalized spacial score (nSPS) is 19.0. The highest BCUT2D eigenvalue weighted by Gasteiger charge is 2.34. The van der Waals surface area contributed by atoms with Crippen LogP contribution in [0.5, 0.6) is 0 Å². The summed E-state index contributed by atoms with van der Waals surface area (Å²) in [5.41, 5.74) is 5.91. The fourth-order valence-electron chi connectivity index (χ4n) is 3.34. The first-order valence-electron chi connectivity index (χ1n) is 8.45. The van der Waals surface area contributed by atoms with Crippen molar-refractivity contribution in [2.75, 3.05) is 0 Å². The number of nitrogens with two attached hydrogens (primary N) is 1. The van der Waals surface area contributed by atoms with Crippen molar-refractivity contribution in [3.05, 3.63) is 0 Å². The van der Waals surface area contributed by atoms with Gasteiger partial charge in [-0.15, -0.1) is 0 Å². The van der Waals surface area contributed by atoms with Crippen LogP contribution < -0.4 is 11.1 Å². The van der Waals surface area contributed by atoms with Gasteiger partial charge in [0, 0.05) is 17.9 Å². The van der Waals surface area contributed by atoms with Crippen molar-refractivity contribution in [1.82, 2.24) is 5.32 Å². The van der Waals surface area contributed by atoms with Crippen LogP contribution in [0.4, 0.5) is 0 Å². The zero-order valence-electron chi connectivity index (χ0n) is 14.1. The van der Waals surface area contributed by atoms with Crippen molar-refractivity contribution in [3.63, 3.8) is 0 Å². The number of rotatable bonds is 8. The van der Waals surface area contributed by atoms with E-state index >= 15 is 0 Å². The van der Waals surface area contributed by atoms with Crippen molar-refractivity contribution in [2.45, 2.75) is 84.2 Å². The highest BCUT2D eigenvalue weighted by Crippen LogP contribution is 2.30. The molecule has 1 aliphatic rings. The van der Waals surface area contributed by atoms with Gasteiger partial charge in [-0.25, -0.2) is 0 Å². The predicted molar refractivity (Wildman–Crippen MR) is 85.9 cm³/mol. The monoisotopic (exact) mass is 296 g/mol. The Kier molecular flexibility index (Phi) is 6.85. The van der Waals surface area contributed by atoms with E-state index in [0.29, 0.717) is 6.42 Å². The van der Waals surface area contributed by atoms with Crippen LogP contribution in [0.1, 0.15) is 72.6 Å². The minimum atomic E-state index is -0.363. The summed E-state index contributed by atoms with van der Waals surface area (Å²) in [4.78, 5) is 24.7. The summed E-state index contributed by atoms with van der Waals surface area (Å²) in [5.74, 6) is 0.218. The van der Waals surface area contributed by atoms with E-state index in [1.165, 1.54) is 0 Å². The molecule has 1 atom stereocenters. The third-order valence-corrected chi connectivity index (χ3v) is 4.82. The minimum Gasteiger partial charge on any atom is -0.346 e. The second-order valence-corrected chi connectivity index (χ2v) is 6.93. The number of Topliss-reactive ketones (excluding diaryl/α,β-unsaturated/α-hetero) is 1. The molecule has 0 aromatic carbocycles. The van der Waals surface area contributed by atoms with Gasteiger partial charge in [0.05, 0.1) is 6.04 Å². The van der Waals surface area contributed by atoms with Gasteiger partial charge in [0.1, 0.15) is 0 Å². The molecule has 4 nitrogen and oxygen atoms in total. The summed E-state index contributed by atoms with van der Waals surface area (Å²) in [6, 6.07) is -0.363. The fraction of sp³-hybridized carbons (Fsp3) is 0.882. The molecule has 1 rings (SSSR count). The van der Waals surface area contributed by atoms with Crippen LogP contribution in [0.15, 0.2) is 0 Å². The van der Waals surface area contributed by atoms with Crippen molar-refractivity contribution in [2.24, 2.45) is 17.6 Å². The molecule has 1 saturated carbocycles. The van der Waals surface area contributed by atoms with Gasteiger partial charge in [-0.2, -0.15) is 0 Å². The lowest BCUT2D eigenvalue weighted by Gasteiger charge is -2.29. The van der Waals surface area contributed by atoms with Crippen LogP contribution in [0.3, 0.4) is 0 Å². The Morgan fingerprint density at radius 3 is 2.10 bits per heavy atom. The first kappa shape index (κ1) is 18.1. The highest BCUT2D eigenvalue weighted by molar-refractivity contribution is 5.90. The Hall–Kier alpha value is -0.900. The summed E-state index contributed by atoms with van der Waals surface area (Å²) in [5, 5.41) is 2.98. The first-order valence-corrected chi connectivity index (χ1v) is 8.45. The van der Waals surface area contributed by atoms with Crippen LogP contribution in [0.25, 0.3) is 0 Å². The van der Waals surface area contributed by atoms with E-state index in [1.54, 1.807) is 0 Å². The second kappa shape index (κ2) is 7.92. The van der Waals surface area contributed by atoms with E-state index in [0.717, 1.165) is 38.5 Å². The van der Waals surface area contributed by atoms with Gasteiger partial charge in [0.2, 0.25) is 5.91 Å².